The van der Waals surface area contributed by atoms with Crippen molar-refractivity contribution < 1.29 is 19.4 Å². The summed E-state index contributed by atoms with van der Waals surface area (Å²) in [6.45, 7) is 3.03. The summed E-state index contributed by atoms with van der Waals surface area (Å²) in [5.41, 5.74) is 0.611. The Kier molecular flexibility index (Phi) is 6.45. The first-order valence-corrected chi connectivity index (χ1v) is 6.25. The van der Waals surface area contributed by atoms with Gasteiger partial charge in [0.25, 0.3) is 0 Å². The standard InChI is InChI=1S/C13H19N3O4/c1-9-10(13(18)19)3-4-11(16-9)14-6-5-12(17)15-7-8-20-2/h3-4H,5-8H2,1-2H3,(H,14,16)(H,15,17)(H,18,19). The number of nitrogens with one attached hydrogen (secondary N) is 2. The Labute approximate surface area is 117 Å². The van der Waals surface area contributed by atoms with Crippen LogP contribution in [0.5, 0.6) is 0 Å². The smallest absolute Gasteiger partial charge is 0.337 e. The third-order valence-corrected chi connectivity index (χ3v) is 2.60. The molecule has 1 heterocycles. The predicted molar refractivity (Wildman–Crippen MR) is 73.9 cm³/mol. The highest BCUT2D eigenvalue weighted by molar-refractivity contribution is 5.89. The van der Waals surface area contributed by atoms with E-state index < -0.39 is 5.97 Å². The van der Waals surface area contributed by atoms with E-state index in [9.17, 15) is 9.59 Å². The molecule has 1 amide bonds. The van der Waals surface area contributed by atoms with Crippen molar-refractivity contribution in [2.45, 2.75) is 13.3 Å². The van der Waals surface area contributed by atoms with E-state index in [1.807, 2.05) is 0 Å². The van der Waals surface area contributed by atoms with Crippen LogP contribution in [-0.2, 0) is 9.53 Å². The summed E-state index contributed by atoms with van der Waals surface area (Å²) in [5, 5.41) is 14.6. The van der Waals surface area contributed by atoms with Crippen molar-refractivity contribution in [1.29, 1.82) is 0 Å². The van der Waals surface area contributed by atoms with Crippen LogP contribution in [0.25, 0.3) is 0 Å². The number of aromatic carboxylic acids is 1. The van der Waals surface area contributed by atoms with Crippen molar-refractivity contribution in [3.05, 3.63) is 23.4 Å². The lowest BCUT2D eigenvalue weighted by molar-refractivity contribution is -0.121. The predicted octanol–water partition coefficient (Wildman–Crippen LogP) is 0.653. The summed E-state index contributed by atoms with van der Waals surface area (Å²) in [5.74, 6) is -0.523. The number of carbonyl (C=O) groups is 2. The Hall–Kier alpha value is -2.15. The molecule has 0 atom stereocenters. The third-order valence-electron chi connectivity index (χ3n) is 2.60. The van der Waals surface area contributed by atoms with Gasteiger partial charge in [-0.3, -0.25) is 4.79 Å². The number of anilines is 1. The first-order chi connectivity index (χ1) is 9.54. The SMILES string of the molecule is COCCNC(=O)CCNc1ccc(C(=O)O)c(C)n1. The van der Waals surface area contributed by atoms with Gasteiger partial charge in [-0.05, 0) is 19.1 Å². The molecule has 0 aliphatic rings. The second-order valence-corrected chi connectivity index (χ2v) is 4.15. The van der Waals surface area contributed by atoms with Gasteiger partial charge in [-0.1, -0.05) is 0 Å². The Morgan fingerprint density at radius 2 is 2.10 bits per heavy atom. The molecular formula is C13H19N3O4. The van der Waals surface area contributed by atoms with E-state index in [0.717, 1.165) is 0 Å². The van der Waals surface area contributed by atoms with Crippen LogP contribution in [0, 0.1) is 6.92 Å². The Morgan fingerprint density at radius 3 is 2.70 bits per heavy atom. The number of carboxylic acids is 1. The molecule has 0 fully saturated rings. The van der Waals surface area contributed by atoms with Gasteiger partial charge in [0.15, 0.2) is 0 Å². The van der Waals surface area contributed by atoms with Crippen LogP contribution in [0.15, 0.2) is 12.1 Å². The number of amides is 1. The number of rotatable bonds is 8. The van der Waals surface area contributed by atoms with E-state index >= 15 is 0 Å². The molecule has 0 aromatic carbocycles. The molecule has 7 nitrogen and oxygen atoms in total. The number of nitrogens with zero attached hydrogens (tertiary/aromatic N) is 1. The number of hydrogen-bond acceptors (Lipinski definition) is 5. The van der Waals surface area contributed by atoms with Crippen LogP contribution in [0.1, 0.15) is 22.5 Å². The highest BCUT2D eigenvalue weighted by Gasteiger charge is 2.08. The van der Waals surface area contributed by atoms with E-state index in [1.165, 1.54) is 6.07 Å². The average molecular weight is 281 g/mol. The van der Waals surface area contributed by atoms with E-state index in [-0.39, 0.29) is 11.5 Å². The minimum absolute atomic E-state index is 0.0755. The largest absolute Gasteiger partial charge is 0.478 e. The van der Waals surface area contributed by atoms with Crippen LogP contribution in [0.4, 0.5) is 5.82 Å². The van der Waals surface area contributed by atoms with Gasteiger partial charge in [-0.2, -0.15) is 0 Å². The van der Waals surface area contributed by atoms with Gasteiger partial charge in [-0.25, -0.2) is 9.78 Å². The number of hydrogen-bond donors (Lipinski definition) is 3. The molecule has 20 heavy (non-hydrogen) atoms. The van der Waals surface area contributed by atoms with Gasteiger partial charge in [0.2, 0.25) is 5.91 Å². The van der Waals surface area contributed by atoms with Crippen LogP contribution >= 0.6 is 0 Å². The van der Waals surface area contributed by atoms with E-state index in [2.05, 4.69) is 15.6 Å². The van der Waals surface area contributed by atoms with Crippen LogP contribution in [0.2, 0.25) is 0 Å². The maximum Gasteiger partial charge on any atom is 0.337 e. The molecule has 7 heteroatoms. The molecule has 0 aliphatic heterocycles. The molecule has 110 valence electrons. The number of pyridine rings is 1. The van der Waals surface area contributed by atoms with Gasteiger partial charge in [-0.15, -0.1) is 0 Å². The molecule has 0 aliphatic carbocycles. The molecule has 3 N–H and O–H groups in total. The second-order valence-electron chi connectivity index (χ2n) is 4.15. The van der Waals surface area contributed by atoms with Crippen molar-refractivity contribution in [3.63, 3.8) is 0 Å². The lowest BCUT2D eigenvalue weighted by Crippen LogP contribution is -2.28. The second kappa shape index (κ2) is 8.11. The maximum absolute atomic E-state index is 11.4. The van der Waals surface area contributed by atoms with Crippen molar-refractivity contribution >= 4 is 17.7 Å². The first-order valence-electron chi connectivity index (χ1n) is 6.25. The average Bonchev–Trinajstić information content (AvgIpc) is 2.38. The number of carbonyl (C=O) groups excluding carboxylic acids is 1. The normalized spacial score (nSPS) is 10.1. The maximum atomic E-state index is 11.4. The van der Waals surface area contributed by atoms with Gasteiger partial charge in [0.05, 0.1) is 17.9 Å². The van der Waals surface area contributed by atoms with E-state index in [1.54, 1.807) is 20.1 Å². The first kappa shape index (κ1) is 15.9. The molecule has 1 aromatic heterocycles. The molecular weight excluding hydrogens is 262 g/mol. The van der Waals surface area contributed by atoms with Gasteiger partial charge in [0, 0.05) is 26.6 Å². The van der Waals surface area contributed by atoms with Crippen molar-refractivity contribution in [2.24, 2.45) is 0 Å². The Balaban J connectivity index is 2.37. The minimum Gasteiger partial charge on any atom is -0.478 e. The molecule has 0 spiro atoms. The zero-order valence-corrected chi connectivity index (χ0v) is 11.6. The monoisotopic (exact) mass is 281 g/mol. The molecule has 0 bridgehead atoms. The van der Waals surface area contributed by atoms with Crippen molar-refractivity contribution in [2.75, 3.05) is 32.1 Å². The topological polar surface area (TPSA) is 101 Å². The quantitative estimate of drug-likeness (QED) is 0.605. The fourth-order valence-electron chi connectivity index (χ4n) is 1.57. The summed E-state index contributed by atoms with van der Waals surface area (Å²) in [6, 6.07) is 3.07. The molecule has 1 aromatic rings. The Morgan fingerprint density at radius 1 is 1.35 bits per heavy atom. The van der Waals surface area contributed by atoms with Gasteiger partial charge in [0.1, 0.15) is 5.82 Å². The number of aryl methyl sites for hydroxylation is 1. The molecule has 0 unspecified atom stereocenters. The van der Waals surface area contributed by atoms with Gasteiger partial charge < -0.3 is 20.5 Å². The molecule has 0 radical (unpaired) electrons. The fraction of sp³-hybridized carbons (Fsp3) is 0.462. The highest BCUT2D eigenvalue weighted by Crippen LogP contribution is 2.10. The van der Waals surface area contributed by atoms with Crippen LogP contribution < -0.4 is 10.6 Å². The summed E-state index contributed by atoms with van der Waals surface area (Å²) >= 11 is 0. The van der Waals surface area contributed by atoms with Crippen molar-refractivity contribution in [1.82, 2.24) is 10.3 Å². The zero-order chi connectivity index (χ0) is 15.0. The van der Waals surface area contributed by atoms with Crippen LogP contribution in [-0.4, -0.2) is 48.8 Å². The summed E-state index contributed by atoms with van der Waals surface area (Å²) in [7, 11) is 1.57. The zero-order valence-electron chi connectivity index (χ0n) is 11.6. The fourth-order valence-corrected chi connectivity index (χ4v) is 1.57. The van der Waals surface area contributed by atoms with Crippen molar-refractivity contribution in [3.8, 4) is 0 Å². The van der Waals surface area contributed by atoms with E-state index in [4.69, 9.17) is 9.84 Å². The van der Waals surface area contributed by atoms with Crippen LogP contribution in [0.3, 0.4) is 0 Å². The molecule has 1 rings (SSSR count). The number of methoxy groups -OCH3 is 1. The molecule has 0 saturated heterocycles. The Bertz CT molecular complexity index is 477. The third kappa shape index (κ3) is 5.23. The minimum atomic E-state index is -1.00. The number of aromatic nitrogens is 1. The molecule has 0 saturated carbocycles. The number of ether oxygens (including phenoxy) is 1. The summed E-state index contributed by atoms with van der Waals surface area (Å²) in [4.78, 5) is 26.4. The lowest BCUT2D eigenvalue weighted by Gasteiger charge is -2.08. The van der Waals surface area contributed by atoms with Gasteiger partial charge >= 0.3 is 5.97 Å². The lowest BCUT2D eigenvalue weighted by atomic mass is 10.2. The van der Waals surface area contributed by atoms with E-state index in [0.29, 0.717) is 37.6 Å². The summed E-state index contributed by atoms with van der Waals surface area (Å²) in [6.07, 6.45) is 0.311. The number of carboxylic acid groups (broad SMARTS) is 1. The highest BCUT2D eigenvalue weighted by atomic mass is 16.5. The summed E-state index contributed by atoms with van der Waals surface area (Å²) < 4.78 is 4.82.